The van der Waals surface area contributed by atoms with Crippen LogP contribution in [0, 0.1) is 6.92 Å². The van der Waals surface area contributed by atoms with Crippen LogP contribution in [0.4, 0.5) is 0 Å². The summed E-state index contributed by atoms with van der Waals surface area (Å²) in [5.41, 5.74) is 0.977. The number of ether oxygens (including phenoxy) is 3. The van der Waals surface area contributed by atoms with Crippen molar-refractivity contribution in [3.63, 3.8) is 0 Å². The topological polar surface area (TPSA) is 71.1 Å². The van der Waals surface area contributed by atoms with Crippen LogP contribution < -0.4 is 14.2 Å². The lowest BCUT2D eigenvalue weighted by atomic mass is 10.2. The summed E-state index contributed by atoms with van der Waals surface area (Å²) in [6.07, 6.45) is -0.508. The first-order chi connectivity index (χ1) is 11.5. The van der Waals surface area contributed by atoms with Crippen molar-refractivity contribution in [2.24, 2.45) is 0 Å². The smallest absolute Gasteiger partial charge is 0.297 e. The van der Waals surface area contributed by atoms with Gasteiger partial charge in [0.2, 0.25) is 0 Å². The van der Waals surface area contributed by atoms with Gasteiger partial charge >= 0.3 is 0 Å². The molecule has 24 heavy (non-hydrogen) atoms. The van der Waals surface area contributed by atoms with Gasteiger partial charge in [0.05, 0.1) is 12.0 Å². The standard InChI is InChI=1S/C17H18O6S/c1-12-3-6-15(7-4-12)24(18,19)22-11-14-10-21-17-9-13(20-2)5-8-16(17)23-14/h3-9,14H,10-11H2,1-2H3. The first-order valence-corrected chi connectivity index (χ1v) is 8.82. The Morgan fingerprint density at radius 2 is 1.88 bits per heavy atom. The van der Waals surface area contributed by atoms with E-state index < -0.39 is 16.2 Å². The predicted octanol–water partition coefficient (Wildman–Crippen LogP) is 2.55. The van der Waals surface area contributed by atoms with E-state index in [1.165, 1.54) is 12.1 Å². The Bertz CT molecular complexity index is 813. The maximum absolute atomic E-state index is 12.2. The fourth-order valence-corrected chi connectivity index (χ4v) is 3.18. The third kappa shape index (κ3) is 3.63. The molecule has 1 aliphatic rings. The van der Waals surface area contributed by atoms with Gasteiger partial charge in [-0.25, -0.2) is 0 Å². The summed E-state index contributed by atoms with van der Waals surface area (Å²) in [6, 6.07) is 11.7. The molecule has 0 amide bonds. The Labute approximate surface area is 141 Å². The molecule has 0 saturated carbocycles. The van der Waals surface area contributed by atoms with Crippen LogP contribution in [0.25, 0.3) is 0 Å². The molecular formula is C17H18O6S. The van der Waals surface area contributed by atoms with Crippen molar-refractivity contribution in [3.8, 4) is 17.2 Å². The Kier molecular flexibility index (Phi) is 4.64. The van der Waals surface area contributed by atoms with E-state index in [1.807, 2.05) is 6.92 Å². The van der Waals surface area contributed by atoms with E-state index in [4.69, 9.17) is 18.4 Å². The number of benzene rings is 2. The lowest BCUT2D eigenvalue weighted by Gasteiger charge is -2.26. The molecule has 0 aromatic heterocycles. The van der Waals surface area contributed by atoms with Crippen molar-refractivity contribution in [3.05, 3.63) is 48.0 Å². The quantitative estimate of drug-likeness (QED) is 0.772. The van der Waals surface area contributed by atoms with Gasteiger partial charge < -0.3 is 14.2 Å². The van der Waals surface area contributed by atoms with E-state index in [-0.39, 0.29) is 18.1 Å². The molecule has 2 aromatic rings. The Morgan fingerprint density at radius 1 is 1.12 bits per heavy atom. The van der Waals surface area contributed by atoms with Crippen molar-refractivity contribution in [2.75, 3.05) is 20.3 Å². The summed E-state index contributed by atoms with van der Waals surface area (Å²) in [7, 11) is -2.25. The fraction of sp³-hybridized carbons (Fsp3) is 0.294. The summed E-state index contributed by atoms with van der Waals surface area (Å²) in [6.45, 7) is 1.96. The van der Waals surface area contributed by atoms with Crippen LogP contribution in [0.1, 0.15) is 5.56 Å². The number of methoxy groups -OCH3 is 1. The van der Waals surface area contributed by atoms with Crippen molar-refractivity contribution in [1.29, 1.82) is 0 Å². The molecule has 0 N–H and O–H groups in total. The van der Waals surface area contributed by atoms with Crippen LogP contribution in [-0.4, -0.2) is 34.8 Å². The third-order valence-electron chi connectivity index (χ3n) is 3.59. The minimum atomic E-state index is -3.82. The van der Waals surface area contributed by atoms with E-state index in [0.717, 1.165) is 5.56 Å². The first-order valence-electron chi connectivity index (χ1n) is 7.41. The highest BCUT2D eigenvalue weighted by atomic mass is 32.2. The van der Waals surface area contributed by atoms with E-state index in [1.54, 1.807) is 37.4 Å². The van der Waals surface area contributed by atoms with Crippen molar-refractivity contribution >= 4 is 10.1 Å². The summed E-state index contributed by atoms with van der Waals surface area (Å²) in [5, 5.41) is 0. The summed E-state index contributed by atoms with van der Waals surface area (Å²) in [5.74, 6) is 1.75. The van der Waals surface area contributed by atoms with E-state index in [9.17, 15) is 8.42 Å². The zero-order chi connectivity index (χ0) is 17.2. The molecule has 7 heteroatoms. The lowest BCUT2D eigenvalue weighted by Crippen LogP contribution is -2.34. The van der Waals surface area contributed by atoms with Gasteiger partial charge in [-0.2, -0.15) is 8.42 Å². The highest BCUT2D eigenvalue weighted by Crippen LogP contribution is 2.35. The highest BCUT2D eigenvalue weighted by molar-refractivity contribution is 7.86. The van der Waals surface area contributed by atoms with Crippen molar-refractivity contribution in [1.82, 2.24) is 0 Å². The van der Waals surface area contributed by atoms with Gasteiger partial charge in [0.1, 0.15) is 19.0 Å². The molecule has 0 radical (unpaired) electrons. The molecule has 1 atom stereocenters. The molecule has 0 spiro atoms. The van der Waals surface area contributed by atoms with Gasteiger partial charge in [0, 0.05) is 6.07 Å². The van der Waals surface area contributed by atoms with E-state index >= 15 is 0 Å². The zero-order valence-electron chi connectivity index (χ0n) is 13.4. The summed E-state index contributed by atoms with van der Waals surface area (Å²) >= 11 is 0. The highest BCUT2D eigenvalue weighted by Gasteiger charge is 2.25. The average molecular weight is 350 g/mol. The van der Waals surface area contributed by atoms with Crippen LogP contribution in [0.15, 0.2) is 47.4 Å². The average Bonchev–Trinajstić information content (AvgIpc) is 2.60. The molecule has 1 unspecified atom stereocenters. The summed E-state index contributed by atoms with van der Waals surface area (Å²) in [4.78, 5) is 0.120. The third-order valence-corrected chi connectivity index (χ3v) is 4.88. The molecule has 0 fully saturated rings. The SMILES string of the molecule is COc1ccc2c(c1)OCC(COS(=O)(=O)c1ccc(C)cc1)O2. The van der Waals surface area contributed by atoms with Crippen LogP contribution in [0.3, 0.4) is 0 Å². The second kappa shape index (κ2) is 6.70. The van der Waals surface area contributed by atoms with Gasteiger partial charge in [-0.3, -0.25) is 4.18 Å². The minimum absolute atomic E-state index is 0.120. The maximum Gasteiger partial charge on any atom is 0.297 e. The van der Waals surface area contributed by atoms with Crippen molar-refractivity contribution in [2.45, 2.75) is 17.9 Å². The summed E-state index contributed by atoms with van der Waals surface area (Å²) < 4.78 is 45.9. The Balaban J connectivity index is 1.64. The number of aryl methyl sites for hydroxylation is 1. The van der Waals surface area contributed by atoms with E-state index in [0.29, 0.717) is 17.2 Å². The molecule has 1 aliphatic heterocycles. The minimum Gasteiger partial charge on any atom is -0.497 e. The second-order valence-corrected chi connectivity index (χ2v) is 7.03. The maximum atomic E-state index is 12.2. The number of rotatable bonds is 5. The monoisotopic (exact) mass is 350 g/mol. The fourth-order valence-electron chi connectivity index (χ4n) is 2.24. The molecule has 128 valence electrons. The van der Waals surface area contributed by atoms with Gasteiger partial charge in [-0.1, -0.05) is 17.7 Å². The zero-order valence-corrected chi connectivity index (χ0v) is 14.2. The Hall–Kier alpha value is -2.25. The lowest BCUT2D eigenvalue weighted by molar-refractivity contribution is 0.0552. The largest absolute Gasteiger partial charge is 0.497 e. The molecule has 0 aliphatic carbocycles. The molecule has 0 saturated heterocycles. The predicted molar refractivity (Wildman–Crippen MR) is 87.2 cm³/mol. The van der Waals surface area contributed by atoms with Crippen molar-refractivity contribution < 1.29 is 26.8 Å². The van der Waals surface area contributed by atoms with Gasteiger partial charge in [0.15, 0.2) is 17.6 Å². The normalized spacial score (nSPS) is 16.7. The Morgan fingerprint density at radius 3 is 2.58 bits per heavy atom. The molecule has 0 bridgehead atoms. The number of fused-ring (bicyclic) bond motifs is 1. The second-order valence-electron chi connectivity index (χ2n) is 5.42. The van der Waals surface area contributed by atoms with Crippen LogP contribution in [-0.2, 0) is 14.3 Å². The van der Waals surface area contributed by atoms with Gasteiger partial charge in [0.25, 0.3) is 10.1 Å². The molecule has 6 nitrogen and oxygen atoms in total. The van der Waals surface area contributed by atoms with Crippen LogP contribution in [0.5, 0.6) is 17.2 Å². The molecule has 2 aromatic carbocycles. The molecule has 1 heterocycles. The molecule has 3 rings (SSSR count). The van der Waals surface area contributed by atoms with Crippen LogP contribution >= 0.6 is 0 Å². The van der Waals surface area contributed by atoms with Crippen LogP contribution in [0.2, 0.25) is 0 Å². The molecular weight excluding hydrogens is 332 g/mol. The van der Waals surface area contributed by atoms with Gasteiger partial charge in [-0.15, -0.1) is 0 Å². The van der Waals surface area contributed by atoms with Gasteiger partial charge in [-0.05, 0) is 31.2 Å². The van der Waals surface area contributed by atoms with E-state index in [2.05, 4.69) is 0 Å². The number of hydrogen-bond acceptors (Lipinski definition) is 6. The number of hydrogen-bond donors (Lipinski definition) is 0. The first kappa shape index (κ1) is 16.6.